The van der Waals surface area contributed by atoms with Gasteiger partial charge in [-0.3, -0.25) is 9.79 Å². The fraction of sp³-hybridized carbons (Fsp3) is 0.722. The topological polar surface area (TPSA) is 75.6 Å². The van der Waals surface area contributed by atoms with Crippen LogP contribution >= 0.6 is 11.3 Å². The first-order valence-corrected chi connectivity index (χ1v) is 10.2. The predicted molar refractivity (Wildman–Crippen MR) is 102 cm³/mol. The summed E-state index contributed by atoms with van der Waals surface area (Å²) in [5.74, 6) is 0.706. The third-order valence-corrected chi connectivity index (χ3v) is 4.92. The van der Waals surface area contributed by atoms with Crippen LogP contribution in [0.4, 0.5) is 0 Å². The smallest absolute Gasteiger partial charge is 0.306 e. The van der Waals surface area contributed by atoms with Crippen molar-refractivity contribution >= 4 is 23.3 Å². The average molecular weight is 367 g/mol. The molecule has 1 fully saturated rings. The molecule has 1 aromatic rings. The fourth-order valence-corrected chi connectivity index (χ4v) is 3.49. The van der Waals surface area contributed by atoms with Gasteiger partial charge in [-0.25, -0.2) is 4.98 Å². The molecule has 6 nitrogen and oxygen atoms in total. The number of thiazole rings is 1. The SMILES string of the molecule is CCNC(=NCCCC(=O)OC1CCCC1)NCCc1csc(C)n1. The van der Waals surface area contributed by atoms with Crippen molar-refractivity contribution < 1.29 is 9.53 Å². The second kappa shape index (κ2) is 11.1. The van der Waals surface area contributed by atoms with Crippen molar-refractivity contribution in [2.24, 2.45) is 4.99 Å². The van der Waals surface area contributed by atoms with Crippen molar-refractivity contribution in [3.8, 4) is 0 Å². The van der Waals surface area contributed by atoms with Crippen molar-refractivity contribution in [3.05, 3.63) is 16.1 Å². The van der Waals surface area contributed by atoms with Crippen LogP contribution in [0.1, 0.15) is 56.2 Å². The number of nitrogens with one attached hydrogen (secondary N) is 2. The van der Waals surface area contributed by atoms with Crippen LogP contribution < -0.4 is 10.6 Å². The number of nitrogens with zero attached hydrogens (tertiary/aromatic N) is 2. The Hall–Kier alpha value is -1.63. The quantitative estimate of drug-likeness (QED) is 0.304. The van der Waals surface area contributed by atoms with Gasteiger partial charge in [-0.15, -0.1) is 11.3 Å². The van der Waals surface area contributed by atoms with Crippen LogP contribution in [0, 0.1) is 6.92 Å². The van der Waals surface area contributed by atoms with Gasteiger partial charge in [0.1, 0.15) is 6.10 Å². The van der Waals surface area contributed by atoms with E-state index in [1.807, 2.05) is 13.8 Å². The highest BCUT2D eigenvalue weighted by Crippen LogP contribution is 2.21. The number of carbonyl (C=O) groups is 1. The molecule has 0 atom stereocenters. The zero-order chi connectivity index (χ0) is 17.9. The second-order valence-electron chi connectivity index (χ2n) is 6.30. The minimum atomic E-state index is -0.0843. The lowest BCUT2D eigenvalue weighted by Crippen LogP contribution is -2.38. The number of carbonyl (C=O) groups excluding carboxylic acids is 1. The Balaban J connectivity index is 1.63. The van der Waals surface area contributed by atoms with Crippen LogP contribution in [0.15, 0.2) is 10.4 Å². The van der Waals surface area contributed by atoms with Crippen LogP contribution in [-0.2, 0) is 16.0 Å². The molecule has 2 N–H and O–H groups in total. The van der Waals surface area contributed by atoms with Crippen molar-refractivity contribution in [1.29, 1.82) is 0 Å². The van der Waals surface area contributed by atoms with E-state index >= 15 is 0 Å². The van der Waals surface area contributed by atoms with E-state index in [9.17, 15) is 4.79 Å². The van der Waals surface area contributed by atoms with Gasteiger partial charge in [0, 0.05) is 37.9 Å². The van der Waals surface area contributed by atoms with E-state index < -0.39 is 0 Å². The van der Waals surface area contributed by atoms with Crippen molar-refractivity contribution in [3.63, 3.8) is 0 Å². The minimum Gasteiger partial charge on any atom is -0.462 e. The largest absolute Gasteiger partial charge is 0.462 e. The number of ether oxygens (including phenoxy) is 1. The molecule has 1 aromatic heterocycles. The highest BCUT2D eigenvalue weighted by atomic mass is 32.1. The Kier molecular flexibility index (Phi) is 8.72. The molecule has 0 aliphatic heterocycles. The maximum Gasteiger partial charge on any atom is 0.306 e. The molecule has 0 bridgehead atoms. The second-order valence-corrected chi connectivity index (χ2v) is 7.36. The molecule has 0 radical (unpaired) electrons. The van der Waals surface area contributed by atoms with Crippen LogP contribution in [-0.4, -0.2) is 42.7 Å². The molecule has 25 heavy (non-hydrogen) atoms. The van der Waals surface area contributed by atoms with E-state index in [4.69, 9.17) is 4.74 Å². The van der Waals surface area contributed by atoms with E-state index in [1.54, 1.807) is 11.3 Å². The van der Waals surface area contributed by atoms with Crippen molar-refractivity contribution in [2.45, 2.75) is 64.9 Å². The Bertz CT molecular complexity index is 553. The molecule has 0 aromatic carbocycles. The molecular formula is C18H30N4O2S. The first-order valence-electron chi connectivity index (χ1n) is 9.30. The van der Waals surface area contributed by atoms with Gasteiger partial charge in [-0.1, -0.05) is 0 Å². The fourth-order valence-electron chi connectivity index (χ4n) is 2.84. The third-order valence-electron chi connectivity index (χ3n) is 4.09. The lowest BCUT2D eigenvalue weighted by Gasteiger charge is -2.12. The summed E-state index contributed by atoms with van der Waals surface area (Å²) in [5, 5.41) is 9.73. The molecule has 0 unspecified atom stereocenters. The molecule has 0 saturated heterocycles. The lowest BCUT2D eigenvalue weighted by molar-refractivity contribution is -0.148. The monoisotopic (exact) mass is 366 g/mol. The maximum absolute atomic E-state index is 11.8. The number of guanidine groups is 1. The summed E-state index contributed by atoms with van der Waals surface area (Å²) in [6, 6.07) is 0. The number of esters is 1. The summed E-state index contributed by atoms with van der Waals surface area (Å²) in [4.78, 5) is 20.8. The molecule has 1 saturated carbocycles. The molecule has 1 aliphatic carbocycles. The number of aromatic nitrogens is 1. The minimum absolute atomic E-state index is 0.0843. The normalized spacial score (nSPS) is 15.4. The van der Waals surface area contributed by atoms with E-state index in [0.717, 1.165) is 49.0 Å². The number of hydrogen-bond donors (Lipinski definition) is 2. The molecular weight excluding hydrogens is 336 g/mol. The van der Waals surface area contributed by atoms with E-state index in [1.165, 1.54) is 12.8 Å². The number of aryl methyl sites for hydroxylation is 1. The Morgan fingerprint density at radius 2 is 2.20 bits per heavy atom. The molecule has 1 heterocycles. The van der Waals surface area contributed by atoms with Crippen LogP contribution in [0.2, 0.25) is 0 Å². The summed E-state index contributed by atoms with van der Waals surface area (Å²) in [6.45, 7) is 6.28. The summed E-state index contributed by atoms with van der Waals surface area (Å²) in [5.41, 5.74) is 1.11. The van der Waals surface area contributed by atoms with Gasteiger partial charge >= 0.3 is 5.97 Å². The van der Waals surface area contributed by atoms with Crippen molar-refractivity contribution in [1.82, 2.24) is 15.6 Å². The van der Waals surface area contributed by atoms with Gasteiger partial charge < -0.3 is 15.4 Å². The molecule has 140 valence electrons. The standard InChI is InChI=1S/C18H30N4O2S/c1-3-19-18(21-12-10-15-13-25-14(2)22-15)20-11-6-9-17(23)24-16-7-4-5-8-16/h13,16H,3-12H2,1-2H3,(H2,19,20,21). The molecule has 2 rings (SSSR count). The Morgan fingerprint density at radius 3 is 2.88 bits per heavy atom. The molecule has 1 aliphatic rings. The van der Waals surface area contributed by atoms with Gasteiger partial charge in [-0.2, -0.15) is 0 Å². The molecule has 0 spiro atoms. The van der Waals surface area contributed by atoms with Gasteiger partial charge in [0.05, 0.1) is 10.7 Å². The summed E-state index contributed by atoms with van der Waals surface area (Å²) in [7, 11) is 0. The maximum atomic E-state index is 11.8. The zero-order valence-corrected chi connectivity index (χ0v) is 16.2. The Labute approximate surface area is 154 Å². The number of hydrogen-bond acceptors (Lipinski definition) is 5. The lowest BCUT2D eigenvalue weighted by atomic mass is 10.3. The third kappa shape index (κ3) is 7.86. The molecule has 7 heteroatoms. The Morgan fingerprint density at radius 1 is 1.40 bits per heavy atom. The van der Waals surface area contributed by atoms with Gasteiger partial charge in [-0.05, 0) is 46.0 Å². The summed E-state index contributed by atoms with van der Waals surface area (Å²) < 4.78 is 5.46. The average Bonchev–Trinajstić information content (AvgIpc) is 3.23. The predicted octanol–water partition coefficient (Wildman–Crippen LogP) is 2.82. The summed E-state index contributed by atoms with van der Waals surface area (Å²) >= 11 is 1.68. The highest BCUT2D eigenvalue weighted by molar-refractivity contribution is 7.09. The van der Waals surface area contributed by atoms with Crippen LogP contribution in [0.3, 0.4) is 0 Å². The first-order chi connectivity index (χ1) is 12.2. The van der Waals surface area contributed by atoms with Gasteiger partial charge in [0.2, 0.25) is 0 Å². The van der Waals surface area contributed by atoms with E-state index in [0.29, 0.717) is 19.4 Å². The van der Waals surface area contributed by atoms with Crippen molar-refractivity contribution in [2.75, 3.05) is 19.6 Å². The molecule has 0 amide bonds. The van der Waals surface area contributed by atoms with E-state index in [2.05, 4.69) is 26.0 Å². The number of rotatable bonds is 9. The van der Waals surface area contributed by atoms with Gasteiger partial charge in [0.25, 0.3) is 0 Å². The first kappa shape index (κ1) is 19.7. The highest BCUT2D eigenvalue weighted by Gasteiger charge is 2.18. The number of aliphatic imine (C=N–C) groups is 1. The summed E-state index contributed by atoms with van der Waals surface area (Å²) in [6.07, 6.45) is 6.60. The zero-order valence-electron chi connectivity index (χ0n) is 15.3. The van der Waals surface area contributed by atoms with E-state index in [-0.39, 0.29) is 12.1 Å². The van der Waals surface area contributed by atoms with Crippen LogP contribution in [0.25, 0.3) is 0 Å². The van der Waals surface area contributed by atoms with Crippen LogP contribution in [0.5, 0.6) is 0 Å². The van der Waals surface area contributed by atoms with Gasteiger partial charge in [0.15, 0.2) is 5.96 Å².